The van der Waals surface area contributed by atoms with E-state index in [1.54, 1.807) is 0 Å². The number of H-pyrrole nitrogens is 1. The van der Waals surface area contributed by atoms with E-state index in [0.717, 1.165) is 22.0 Å². The van der Waals surface area contributed by atoms with Gasteiger partial charge in [-0.1, -0.05) is 24.3 Å². The molecular formula is C12H13N3. The van der Waals surface area contributed by atoms with E-state index in [1.165, 1.54) is 0 Å². The monoisotopic (exact) mass is 199 g/mol. The normalized spacial score (nSPS) is 23.6. The van der Waals surface area contributed by atoms with Crippen LogP contribution in [0.15, 0.2) is 24.3 Å². The molecule has 0 saturated carbocycles. The first-order valence-corrected chi connectivity index (χ1v) is 4.98. The van der Waals surface area contributed by atoms with Crippen LogP contribution in [0.1, 0.15) is 18.2 Å². The second kappa shape index (κ2) is 2.44. The maximum Gasteiger partial charge on any atom is 0.109 e. The first-order chi connectivity index (χ1) is 7.09. The fourth-order valence-corrected chi connectivity index (χ4v) is 2.26. The molecule has 3 rings (SSSR count). The minimum Gasteiger partial charge on any atom is -0.385 e. The van der Waals surface area contributed by atoms with Crippen LogP contribution in [0.4, 0.5) is 5.82 Å². The Kier molecular flexibility index (Phi) is 1.39. The lowest BCUT2D eigenvalue weighted by molar-refractivity contribution is 0.636. The van der Waals surface area contributed by atoms with Crippen molar-refractivity contribution in [2.24, 2.45) is 5.73 Å². The molecule has 1 atom stereocenters. The molecule has 0 radical (unpaired) electrons. The van der Waals surface area contributed by atoms with Crippen LogP contribution in [0, 0.1) is 0 Å². The highest BCUT2D eigenvalue weighted by Crippen LogP contribution is 2.37. The second-order valence-corrected chi connectivity index (χ2v) is 4.30. The SMILES string of the molecule is CC1(N)C=Cc2[nH]c(N)c3cccc1c23. The molecule has 3 nitrogen and oxygen atoms in total. The van der Waals surface area contributed by atoms with Crippen molar-refractivity contribution in [2.45, 2.75) is 12.5 Å². The summed E-state index contributed by atoms with van der Waals surface area (Å²) in [6.07, 6.45) is 4.01. The molecule has 5 N–H and O–H groups in total. The summed E-state index contributed by atoms with van der Waals surface area (Å²) >= 11 is 0. The summed E-state index contributed by atoms with van der Waals surface area (Å²) in [5.41, 5.74) is 13.9. The van der Waals surface area contributed by atoms with E-state index in [4.69, 9.17) is 11.5 Å². The van der Waals surface area contributed by atoms with Gasteiger partial charge in [-0.3, -0.25) is 0 Å². The van der Waals surface area contributed by atoms with Gasteiger partial charge in [0.05, 0.1) is 5.54 Å². The quantitative estimate of drug-likeness (QED) is 0.607. The number of hydrogen-bond acceptors (Lipinski definition) is 2. The van der Waals surface area contributed by atoms with Crippen LogP contribution in [0.3, 0.4) is 0 Å². The molecule has 0 aliphatic heterocycles. The van der Waals surface area contributed by atoms with Crippen LogP contribution < -0.4 is 11.5 Å². The number of nitrogen functional groups attached to an aromatic ring is 1. The van der Waals surface area contributed by atoms with Gasteiger partial charge in [0, 0.05) is 16.5 Å². The van der Waals surface area contributed by atoms with Gasteiger partial charge in [-0.15, -0.1) is 0 Å². The van der Waals surface area contributed by atoms with Gasteiger partial charge in [0.1, 0.15) is 5.82 Å². The number of nitrogens with two attached hydrogens (primary N) is 2. The van der Waals surface area contributed by atoms with Crippen molar-refractivity contribution in [3.05, 3.63) is 35.5 Å². The first-order valence-electron chi connectivity index (χ1n) is 4.98. The second-order valence-electron chi connectivity index (χ2n) is 4.30. The van der Waals surface area contributed by atoms with Crippen LogP contribution >= 0.6 is 0 Å². The van der Waals surface area contributed by atoms with Gasteiger partial charge >= 0.3 is 0 Å². The molecule has 1 aromatic carbocycles. The number of aromatic amines is 1. The Labute approximate surface area is 87.8 Å². The molecule has 15 heavy (non-hydrogen) atoms. The maximum absolute atomic E-state index is 6.22. The van der Waals surface area contributed by atoms with Gasteiger partial charge in [-0.05, 0) is 18.6 Å². The third kappa shape index (κ3) is 0.982. The fourth-order valence-electron chi connectivity index (χ4n) is 2.26. The third-order valence-corrected chi connectivity index (χ3v) is 3.07. The lowest BCUT2D eigenvalue weighted by Crippen LogP contribution is -2.31. The fraction of sp³-hybridized carbons (Fsp3) is 0.167. The lowest BCUT2D eigenvalue weighted by Gasteiger charge is -2.25. The standard InChI is InChI=1S/C12H13N3/c1-12(14)6-5-9-10-7(11(13)15-9)3-2-4-8(10)12/h2-6,15H,13-14H2,1H3. The minimum absolute atomic E-state index is 0.402. The van der Waals surface area contributed by atoms with Crippen molar-refractivity contribution in [1.82, 2.24) is 4.98 Å². The molecule has 1 aromatic heterocycles. The minimum atomic E-state index is -0.402. The number of aromatic nitrogens is 1. The molecule has 3 heteroatoms. The van der Waals surface area contributed by atoms with Gasteiger partial charge in [0.2, 0.25) is 0 Å². The third-order valence-electron chi connectivity index (χ3n) is 3.07. The molecule has 0 saturated heterocycles. The molecular weight excluding hydrogens is 186 g/mol. The zero-order valence-corrected chi connectivity index (χ0v) is 8.54. The van der Waals surface area contributed by atoms with E-state index < -0.39 is 5.54 Å². The van der Waals surface area contributed by atoms with Crippen LogP contribution in [0.25, 0.3) is 16.8 Å². The van der Waals surface area contributed by atoms with Gasteiger partial charge in [-0.25, -0.2) is 0 Å². The molecule has 1 heterocycles. The number of nitrogens with one attached hydrogen (secondary N) is 1. The van der Waals surface area contributed by atoms with Crippen molar-refractivity contribution in [2.75, 3.05) is 5.73 Å². The number of hydrogen-bond donors (Lipinski definition) is 3. The van der Waals surface area contributed by atoms with Crippen molar-refractivity contribution in [3.63, 3.8) is 0 Å². The highest BCUT2D eigenvalue weighted by Gasteiger charge is 2.26. The molecule has 0 bridgehead atoms. The highest BCUT2D eigenvalue weighted by molar-refractivity contribution is 6.02. The molecule has 0 spiro atoms. The van der Waals surface area contributed by atoms with Crippen molar-refractivity contribution in [1.29, 1.82) is 0 Å². The average Bonchev–Trinajstić information content (AvgIpc) is 2.52. The Bertz CT molecular complexity index is 576. The summed E-state index contributed by atoms with van der Waals surface area (Å²) in [7, 11) is 0. The van der Waals surface area contributed by atoms with E-state index in [9.17, 15) is 0 Å². The molecule has 76 valence electrons. The van der Waals surface area contributed by atoms with E-state index in [2.05, 4.69) is 11.1 Å². The van der Waals surface area contributed by atoms with Crippen LogP contribution in [0.5, 0.6) is 0 Å². The molecule has 0 fully saturated rings. The van der Waals surface area contributed by atoms with E-state index in [1.807, 2.05) is 31.2 Å². The van der Waals surface area contributed by atoms with Gasteiger partial charge in [0.15, 0.2) is 0 Å². The smallest absolute Gasteiger partial charge is 0.109 e. The van der Waals surface area contributed by atoms with Crippen molar-refractivity contribution >= 4 is 22.7 Å². The lowest BCUT2D eigenvalue weighted by atomic mass is 9.85. The molecule has 2 aromatic rings. The predicted molar refractivity (Wildman–Crippen MR) is 63.3 cm³/mol. The number of rotatable bonds is 0. The van der Waals surface area contributed by atoms with Crippen LogP contribution in [0.2, 0.25) is 0 Å². The summed E-state index contributed by atoms with van der Waals surface area (Å²) in [4.78, 5) is 3.17. The molecule has 1 aliphatic carbocycles. The zero-order valence-electron chi connectivity index (χ0n) is 8.54. The van der Waals surface area contributed by atoms with Crippen molar-refractivity contribution in [3.8, 4) is 0 Å². The summed E-state index contributed by atoms with van der Waals surface area (Å²) in [5.74, 6) is 0.712. The average molecular weight is 199 g/mol. The molecule has 0 amide bonds. The van der Waals surface area contributed by atoms with Gasteiger partial charge < -0.3 is 16.5 Å². The summed E-state index contributed by atoms with van der Waals surface area (Å²) in [6.45, 7) is 2.00. The van der Waals surface area contributed by atoms with Gasteiger partial charge in [-0.2, -0.15) is 0 Å². The summed E-state index contributed by atoms with van der Waals surface area (Å²) in [6, 6.07) is 6.07. The Morgan fingerprint density at radius 3 is 2.93 bits per heavy atom. The summed E-state index contributed by atoms with van der Waals surface area (Å²) in [5, 5.41) is 2.21. The summed E-state index contributed by atoms with van der Waals surface area (Å²) < 4.78 is 0. The van der Waals surface area contributed by atoms with E-state index in [0.29, 0.717) is 5.82 Å². The molecule has 1 aliphatic rings. The Morgan fingerprint density at radius 2 is 2.13 bits per heavy atom. The highest BCUT2D eigenvalue weighted by atomic mass is 14.9. The first kappa shape index (κ1) is 8.56. The van der Waals surface area contributed by atoms with Gasteiger partial charge in [0.25, 0.3) is 0 Å². The topological polar surface area (TPSA) is 67.8 Å². The Balaban J connectivity index is 2.53. The zero-order chi connectivity index (χ0) is 10.6. The van der Waals surface area contributed by atoms with E-state index in [-0.39, 0.29) is 0 Å². The Morgan fingerprint density at radius 1 is 1.33 bits per heavy atom. The number of anilines is 1. The Hall–Kier alpha value is -1.74. The van der Waals surface area contributed by atoms with Crippen LogP contribution in [-0.2, 0) is 5.54 Å². The van der Waals surface area contributed by atoms with E-state index >= 15 is 0 Å². The van der Waals surface area contributed by atoms with Crippen LogP contribution in [-0.4, -0.2) is 4.98 Å². The molecule has 1 unspecified atom stereocenters. The predicted octanol–water partition coefficient (Wildman–Crippen LogP) is 1.95. The maximum atomic E-state index is 6.22. The largest absolute Gasteiger partial charge is 0.385 e. The van der Waals surface area contributed by atoms with Crippen molar-refractivity contribution < 1.29 is 0 Å². The number of benzene rings is 1.